The number of hydrogen-bond donors (Lipinski definition) is 2. The molecule has 0 aromatic carbocycles. The summed E-state index contributed by atoms with van der Waals surface area (Å²) in [4.78, 5) is 18.6. The Hall–Kier alpha value is -1.69. The van der Waals surface area contributed by atoms with Crippen molar-refractivity contribution in [2.75, 3.05) is 5.73 Å². The van der Waals surface area contributed by atoms with Gasteiger partial charge < -0.3 is 11.5 Å². The van der Waals surface area contributed by atoms with Gasteiger partial charge in [0.15, 0.2) is 10.7 Å². The van der Waals surface area contributed by atoms with Crippen LogP contribution < -0.4 is 11.5 Å². The quantitative estimate of drug-likeness (QED) is 0.685. The van der Waals surface area contributed by atoms with E-state index in [0.29, 0.717) is 11.5 Å². The molecule has 5 nitrogen and oxygen atoms in total. The Bertz CT molecular complexity index is 478. The van der Waals surface area contributed by atoms with E-state index in [0.717, 1.165) is 4.70 Å². The van der Waals surface area contributed by atoms with Gasteiger partial charge in [-0.15, -0.1) is 11.3 Å². The van der Waals surface area contributed by atoms with Crippen LogP contribution in [0.2, 0.25) is 0 Å². The Balaban J connectivity index is 2.68. The van der Waals surface area contributed by atoms with Crippen LogP contribution in [0.4, 0.5) is 5.82 Å². The minimum atomic E-state index is -0.540. The molecule has 2 rings (SSSR count). The number of rotatable bonds is 1. The lowest BCUT2D eigenvalue weighted by Gasteiger charge is -1.88. The van der Waals surface area contributed by atoms with Crippen molar-refractivity contribution in [3.05, 3.63) is 17.1 Å². The molecular weight excluding hydrogens is 188 g/mol. The average molecular weight is 194 g/mol. The average Bonchev–Trinajstić information content (AvgIpc) is 2.46. The van der Waals surface area contributed by atoms with Crippen LogP contribution in [0, 0.1) is 0 Å². The first kappa shape index (κ1) is 7.93. The molecule has 4 N–H and O–H groups in total. The van der Waals surface area contributed by atoms with E-state index in [1.54, 1.807) is 12.1 Å². The van der Waals surface area contributed by atoms with E-state index in [9.17, 15) is 4.79 Å². The maximum absolute atomic E-state index is 10.8. The first-order valence-corrected chi connectivity index (χ1v) is 4.31. The molecule has 6 heteroatoms. The summed E-state index contributed by atoms with van der Waals surface area (Å²) in [5.74, 6) is -0.157. The highest BCUT2D eigenvalue weighted by Crippen LogP contribution is 2.20. The summed E-state index contributed by atoms with van der Waals surface area (Å²) >= 11 is 1.21. The minimum absolute atomic E-state index is 0.258. The summed E-state index contributed by atoms with van der Waals surface area (Å²) in [6.45, 7) is 0. The molecule has 0 saturated carbocycles. The lowest BCUT2D eigenvalue weighted by Crippen LogP contribution is -2.09. The molecule has 66 valence electrons. The number of thiazole rings is 1. The SMILES string of the molecule is NC(=O)c1nc2nc(N)ccc2s1. The Labute approximate surface area is 77.4 Å². The smallest absolute Gasteiger partial charge is 0.277 e. The molecule has 0 atom stereocenters. The van der Waals surface area contributed by atoms with Crippen LogP contribution in [0.1, 0.15) is 9.80 Å². The number of amides is 1. The van der Waals surface area contributed by atoms with Gasteiger partial charge in [-0.1, -0.05) is 0 Å². The summed E-state index contributed by atoms with van der Waals surface area (Å²) in [7, 11) is 0. The van der Waals surface area contributed by atoms with E-state index in [2.05, 4.69) is 9.97 Å². The molecule has 1 amide bonds. The Morgan fingerprint density at radius 2 is 2.15 bits per heavy atom. The van der Waals surface area contributed by atoms with E-state index >= 15 is 0 Å². The number of hydrogen-bond acceptors (Lipinski definition) is 5. The number of aromatic nitrogens is 2. The number of fused-ring (bicyclic) bond motifs is 1. The number of anilines is 1. The summed E-state index contributed by atoms with van der Waals surface area (Å²) in [6, 6.07) is 3.42. The van der Waals surface area contributed by atoms with Crippen LogP contribution in [-0.4, -0.2) is 15.9 Å². The van der Waals surface area contributed by atoms with Crippen LogP contribution >= 0.6 is 11.3 Å². The summed E-state index contributed by atoms with van der Waals surface area (Å²) in [5.41, 5.74) is 11.0. The normalized spacial score (nSPS) is 10.5. The number of pyridine rings is 1. The maximum atomic E-state index is 10.8. The van der Waals surface area contributed by atoms with Crippen molar-refractivity contribution < 1.29 is 4.79 Å². The van der Waals surface area contributed by atoms with Crippen molar-refractivity contribution in [3.63, 3.8) is 0 Å². The third-order valence-electron chi connectivity index (χ3n) is 1.49. The van der Waals surface area contributed by atoms with Crippen molar-refractivity contribution in [1.29, 1.82) is 0 Å². The predicted octanol–water partition coefficient (Wildman–Crippen LogP) is 0.372. The summed E-state index contributed by atoms with van der Waals surface area (Å²) in [6.07, 6.45) is 0. The molecule has 0 aliphatic heterocycles. The van der Waals surface area contributed by atoms with E-state index < -0.39 is 5.91 Å². The number of nitrogen functional groups attached to an aromatic ring is 1. The molecule has 0 saturated heterocycles. The fourth-order valence-corrected chi connectivity index (χ4v) is 1.70. The van der Waals surface area contributed by atoms with Crippen molar-refractivity contribution in [1.82, 2.24) is 9.97 Å². The first-order chi connectivity index (χ1) is 6.16. The number of nitrogens with two attached hydrogens (primary N) is 2. The second-order valence-corrected chi connectivity index (χ2v) is 3.47. The fourth-order valence-electron chi connectivity index (χ4n) is 0.939. The van der Waals surface area contributed by atoms with Crippen LogP contribution in [-0.2, 0) is 0 Å². The van der Waals surface area contributed by atoms with Gasteiger partial charge >= 0.3 is 0 Å². The van der Waals surface area contributed by atoms with Gasteiger partial charge in [-0.05, 0) is 12.1 Å². The van der Waals surface area contributed by atoms with Gasteiger partial charge in [-0.2, -0.15) is 0 Å². The number of carbonyl (C=O) groups excluding carboxylic acids is 1. The van der Waals surface area contributed by atoms with E-state index in [-0.39, 0.29) is 5.01 Å². The van der Waals surface area contributed by atoms with Crippen molar-refractivity contribution in [3.8, 4) is 0 Å². The maximum Gasteiger partial charge on any atom is 0.277 e. The molecule has 2 aromatic rings. The van der Waals surface area contributed by atoms with Gasteiger partial charge in [0, 0.05) is 0 Å². The first-order valence-electron chi connectivity index (χ1n) is 3.49. The van der Waals surface area contributed by atoms with Crippen molar-refractivity contribution >= 4 is 33.4 Å². The van der Waals surface area contributed by atoms with Gasteiger partial charge in [0.1, 0.15) is 5.82 Å². The molecule has 0 unspecified atom stereocenters. The zero-order valence-corrected chi connectivity index (χ0v) is 7.34. The molecule has 2 aromatic heterocycles. The molecule has 0 fully saturated rings. The number of nitrogens with zero attached hydrogens (tertiary/aromatic N) is 2. The van der Waals surface area contributed by atoms with Gasteiger partial charge in [0.05, 0.1) is 4.70 Å². The van der Waals surface area contributed by atoms with Crippen LogP contribution in [0.5, 0.6) is 0 Å². The highest BCUT2D eigenvalue weighted by Gasteiger charge is 2.08. The Kier molecular flexibility index (Phi) is 1.63. The molecular formula is C7H6N4OS. The zero-order chi connectivity index (χ0) is 9.42. The Morgan fingerprint density at radius 1 is 1.38 bits per heavy atom. The second kappa shape index (κ2) is 2.67. The lowest BCUT2D eigenvalue weighted by molar-refractivity contribution is 0.1000. The minimum Gasteiger partial charge on any atom is -0.384 e. The van der Waals surface area contributed by atoms with Crippen molar-refractivity contribution in [2.45, 2.75) is 0 Å². The van der Waals surface area contributed by atoms with Crippen LogP contribution in [0.3, 0.4) is 0 Å². The molecule has 0 spiro atoms. The van der Waals surface area contributed by atoms with Gasteiger partial charge in [0.25, 0.3) is 5.91 Å². The third-order valence-corrected chi connectivity index (χ3v) is 2.51. The van der Waals surface area contributed by atoms with E-state index in [1.165, 1.54) is 11.3 Å². The highest BCUT2D eigenvalue weighted by molar-refractivity contribution is 7.20. The zero-order valence-electron chi connectivity index (χ0n) is 6.52. The Morgan fingerprint density at radius 3 is 2.85 bits per heavy atom. The number of carbonyl (C=O) groups is 1. The monoisotopic (exact) mass is 194 g/mol. The number of primary amides is 1. The van der Waals surface area contributed by atoms with Crippen molar-refractivity contribution in [2.24, 2.45) is 5.73 Å². The molecule has 0 aliphatic rings. The lowest BCUT2D eigenvalue weighted by atomic mass is 10.4. The summed E-state index contributed by atoms with van der Waals surface area (Å²) < 4.78 is 0.808. The standard InChI is InChI=1S/C7H6N4OS/c8-4-2-1-3-6(10-4)11-7(13-3)5(9)12/h1-2H,(H2,8,10)(H2,9,12). The molecule has 0 radical (unpaired) electrons. The largest absolute Gasteiger partial charge is 0.384 e. The van der Waals surface area contributed by atoms with Gasteiger partial charge in [-0.3, -0.25) is 4.79 Å². The topological polar surface area (TPSA) is 94.9 Å². The van der Waals surface area contributed by atoms with E-state index in [4.69, 9.17) is 11.5 Å². The molecule has 13 heavy (non-hydrogen) atoms. The molecule has 0 aliphatic carbocycles. The highest BCUT2D eigenvalue weighted by atomic mass is 32.1. The summed E-state index contributed by atoms with van der Waals surface area (Å²) in [5, 5.41) is 0.258. The van der Waals surface area contributed by atoms with Crippen LogP contribution in [0.15, 0.2) is 12.1 Å². The van der Waals surface area contributed by atoms with Crippen LogP contribution in [0.25, 0.3) is 10.3 Å². The fraction of sp³-hybridized carbons (Fsp3) is 0. The third kappa shape index (κ3) is 1.31. The molecule has 2 heterocycles. The van der Waals surface area contributed by atoms with Gasteiger partial charge in [0.2, 0.25) is 0 Å². The van der Waals surface area contributed by atoms with E-state index in [1.807, 2.05) is 0 Å². The second-order valence-electron chi connectivity index (χ2n) is 2.44. The molecule has 0 bridgehead atoms. The van der Waals surface area contributed by atoms with Gasteiger partial charge in [-0.25, -0.2) is 9.97 Å². The predicted molar refractivity (Wildman–Crippen MR) is 50.3 cm³/mol.